The number of para-hydroxylation sites is 1. The molecule has 1 aromatic carbocycles. The predicted molar refractivity (Wildman–Crippen MR) is 73.9 cm³/mol. The van der Waals surface area contributed by atoms with E-state index in [1.54, 1.807) is 29.2 Å². The average Bonchev–Trinajstić information content (AvgIpc) is 2.92. The van der Waals surface area contributed by atoms with Crippen molar-refractivity contribution in [3.63, 3.8) is 0 Å². The number of carbonyl (C=O) groups excluding carboxylic acids is 1. The van der Waals surface area contributed by atoms with Crippen LogP contribution in [0.3, 0.4) is 0 Å². The number of hydrogen-bond donors (Lipinski definition) is 1. The monoisotopic (exact) mass is 277 g/mol. The molecule has 1 aliphatic rings. The normalized spacial score (nSPS) is 21.8. The zero-order valence-corrected chi connectivity index (χ0v) is 11.8. The molecule has 0 radical (unpaired) electrons. The molecular weight excluding hydrogens is 258 g/mol. The van der Waals surface area contributed by atoms with Gasteiger partial charge in [0.25, 0.3) is 5.91 Å². The topological polar surface area (TPSA) is 66.8 Å². The molecule has 1 saturated heterocycles. The van der Waals surface area contributed by atoms with Gasteiger partial charge >= 0.3 is 5.97 Å². The molecule has 0 aliphatic carbocycles. The van der Waals surface area contributed by atoms with Crippen molar-refractivity contribution in [2.75, 3.05) is 20.2 Å². The third-order valence-corrected chi connectivity index (χ3v) is 4.11. The van der Waals surface area contributed by atoms with Crippen LogP contribution in [0.5, 0.6) is 5.75 Å². The van der Waals surface area contributed by atoms with Crippen molar-refractivity contribution in [2.45, 2.75) is 19.8 Å². The Morgan fingerprint density at radius 3 is 2.65 bits per heavy atom. The molecule has 2 rings (SSSR count). The number of amides is 1. The highest BCUT2D eigenvalue weighted by Crippen LogP contribution is 2.35. The van der Waals surface area contributed by atoms with Crippen molar-refractivity contribution < 1.29 is 19.4 Å². The van der Waals surface area contributed by atoms with E-state index in [4.69, 9.17) is 4.74 Å². The number of carboxylic acid groups (broad SMARTS) is 1. The minimum absolute atomic E-state index is 0.168. The van der Waals surface area contributed by atoms with E-state index < -0.39 is 11.4 Å². The number of nitrogens with zero attached hydrogens (tertiary/aromatic N) is 1. The van der Waals surface area contributed by atoms with E-state index in [0.29, 0.717) is 30.7 Å². The lowest BCUT2D eigenvalue weighted by Gasteiger charge is -2.23. The van der Waals surface area contributed by atoms with Crippen LogP contribution in [0.15, 0.2) is 24.3 Å². The van der Waals surface area contributed by atoms with Crippen molar-refractivity contribution in [3.05, 3.63) is 29.8 Å². The van der Waals surface area contributed by atoms with Crippen molar-refractivity contribution in [1.29, 1.82) is 0 Å². The zero-order valence-electron chi connectivity index (χ0n) is 11.8. The van der Waals surface area contributed by atoms with E-state index in [1.807, 2.05) is 6.92 Å². The third-order valence-electron chi connectivity index (χ3n) is 4.11. The summed E-state index contributed by atoms with van der Waals surface area (Å²) < 4.78 is 5.19. The highest BCUT2D eigenvalue weighted by Gasteiger charge is 2.45. The van der Waals surface area contributed by atoms with E-state index in [2.05, 4.69) is 0 Å². The maximum absolute atomic E-state index is 12.5. The highest BCUT2D eigenvalue weighted by atomic mass is 16.5. The van der Waals surface area contributed by atoms with Crippen LogP contribution < -0.4 is 4.74 Å². The Hall–Kier alpha value is -2.04. The molecule has 1 atom stereocenters. The van der Waals surface area contributed by atoms with Crippen LogP contribution in [0.2, 0.25) is 0 Å². The maximum Gasteiger partial charge on any atom is 0.311 e. The van der Waals surface area contributed by atoms with Gasteiger partial charge in [-0.05, 0) is 25.0 Å². The van der Waals surface area contributed by atoms with Crippen LogP contribution in [0.25, 0.3) is 0 Å². The summed E-state index contributed by atoms with van der Waals surface area (Å²) in [5.41, 5.74) is -0.329. The largest absolute Gasteiger partial charge is 0.496 e. The van der Waals surface area contributed by atoms with Gasteiger partial charge in [0.2, 0.25) is 0 Å². The van der Waals surface area contributed by atoms with Crippen LogP contribution >= 0.6 is 0 Å². The first-order valence-electron chi connectivity index (χ1n) is 6.70. The second-order valence-electron chi connectivity index (χ2n) is 5.12. The quantitative estimate of drug-likeness (QED) is 0.914. The molecule has 1 fully saturated rings. The average molecular weight is 277 g/mol. The number of carboxylic acids is 1. The Morgan fingerprint density at radius 2 is 2.10 bits per heavy atom. The summed E-state index contributed by atoms with van der Waals surface area (Å²) in [6.07, 6.45) is 1.03. The van der Waals surface area contributed by atoms with Gasteiger partial charge in [-0.3, -0.25) is 9.59 Å². The molecule has 0 bridgehead atoms. The Morgan fingerprint density at radius 1 is 1.40 bits per heavy atom. The summed E-state index contributed by atoms with van der Waals surface area (Å²) in [5, 5.41) is 9.37. The van der Waals surface area contributed by atoms with Gasteiger partial charge in [-0.15, -0.1) is 0 Å². The minimum Gasteiger partial charge on any atom is -0.496 e. The Kier molecular flexibility index (Phi) is 3.97. The second kappa shape index (κ2) is 5.53. The van der Waals surface area contributed by atoms with Gasteiger partial charge in [0.15, 0.2) is 0 Å². The predicted octanol–water partition coefficient (Wildman–Crippen LogP) is 2.02. The van der Waals surface area contributed by atoms with Gasteiger partial charge in [-0.2, -0.15) is 0 Å². The molecule has 0 saturated carbocycles. The molecule has 1 amide bonds. The SMILES string of the molecule is CCC1(C(=O)O)CCN(C(=O)c2ccccc2OC)C1. The van der Waals surface area contributed by atoms with Crippen molar-refractivity contribution in [2.24, 2.45) is 5.41 Å². The first kappa shape index (κ1) is 14.4. The number of carbonyl (C=O) groups is 2. The second-order valence-corrected chi connectivity index (χ2v) is 5.12. The van der Waals surface area contributed by atoms with Gasteiger partial charge in [0, 0.05) is 13.1 Å². The van der Waals surface area contributed by atoms with Gasteiger partial charge in [0.05, 0.1) is 18.1 Å². The van der Waals surface area contributed by atoms with E-state index >= 15 is 0 Å². The number of rotatable bonds is 4. The Labute approximate surface area is 118 Å². The molecule has 1 aliphatic heterocycles. The summed E-state index contributed by atoms with van der Waals surface area (Å²) in [7, 11) is 1.52. The van der Waals surface area contributed by atoms with E-state index in [1.165, 1.54) is 7.11 Å². The molecule has 5 heteroatoms. The Bertz CT molecular complexity index is 528. The van der Waals surface area contributed by atoms with E-state index in [9.17, 15) is 14.7 Å². The fourth-order valence-electron chi connectivity index (χ4n) is 2.65. The maximum atomic E-state index is 12.5. The number of aliphatic carboxylic acids is 1. The van der Waals surface area contributed by atoms with Gasteiger partial charge in [-0.1, -0.05) is 19.1 Å². The smallest absolute Gasteiger partial charge is 0.311 e. The molecular formula is C15H19NO4. The van der Waals surface area contributed by atoms with Gasteiger partial charge < -0.3 is 14.7 Å². The summed E-state index contributed by atoms with van der Waals surface area (Å²) in [6, 6.07) is 7.00. The first-order valence-corrected chi connectivity index (χ1v) is 6.70. The van der Waals surface area contributed by atoms with Gasteiger partial charge in [-0.25, -0.2) is 0 Å². The lowest BCUT2D eigenvalue weighted by Crippen LogP contribution is -2.36. The van der Waals surface area contributed by atoms with Crippen LogP contribution in [0.1, 0.15) is 30.1 Å². The van der Waals surface area contributed by atoms with Crippen molar-refractivity contribution >= 4 is 11.9 Å². The van der Waals surface area contributed by atoms with Crippen LogP contribution in [0, 0.1) is 5.41 Å². The molecule has 1 unspecified atom stereocenters. The summed E-state index contributed by atoms with van der Waals surface area (Å²) in [4.78, 5) is 25.5. The van der Waals surface area contributed by atoms with E-state index in [-0.39, 0.29) is 12.5 Å². The molecule has 5 nitrogen and oxygen atoms in total. The minimum atomic E-state index is -0.824. The van der Waals surface area contributed by atoms with E-state index in [0.717, 1.165) is 0 Å². The molecule has 108 valence electrons. The van der Waals surface area contributed by atoms with Crippen molar-refractivity contribution in [1.82, 2.24) is 4.90 Å². The molecule has 1 heterocycles. The lowest BCUT2D eigenvalue weighted by atomic mass is 9.84. The van der Waals surface area contributed by atoms with Crippen LogP contribution in [0.4, 0.5) is 0 Å². The van der Waals surface area contributed by atoms with Crippen LogP contribution in [-0.2, 0) is 4.79 Å². The fraction of sp³-hybridized carbons (Fsp3) is 0.467. The standard InChI is InChI=1S/C15H19NO4/c1-3-15(14(18)19)8-9-16(10-15)13(17)11-6-4-5-7-12(11)20-2/h4-7H,3,8-10H2,1-2H3,(H,18,19). The molecule has 20 heavy (non-hydrogen) atoms. The molecule has 1 N–H and O–H groups in total. The number of hydrogen-bond acceptors (Lipinski definition) is 3. The zero-order chi connectivity index (χ0) is 14.8. The Balaban J connectivity index is 2.22. The van der Waals surface area contributed by atoms with Crippen molar-refractivity contribution in [3.8, 4) is 5.75 Å². The number of ether oxygens (including phenoxy) is 1. The highest BCUT2D eigenvalue weighted by molar-refractivity contribution is 5.97. The number of methoxy groups -OCH3 is 1. The lowest BCUT2D eigenvalue weighted by molar-refractivity contribution is -0.148. The summed E-state index contributed by atoms with van der Waals surface area (Å²) in [5.74, 6) is -0.476. The summed E-state index contributed by atoms with van der Waals surface area (Å²) >= 11 is 0. The molecule has 0 spiro atoms. The summed E-state index contributed by atoms with van der Waals surface area (Å²) in [6.45, 7) is 2.58. The number of likely N-dealkylation sites (tertiary alicyclic amines) is 1. The first-order chi connectivity index (χ1) is 9.54. The van der Waals surface area contributed by atoms with Gasteiger partial charge in [0.1, 0.15) is 5.75 Å². The molecule has 0 aromatic heterocycles. The third kappa shape index (κ3) is 2.35. The number of benzene rings is 1. The molecule has 1 aromatic rings. The fourth-order valence-corrected chi connectivity index (χ4v) is 2.65. The van der Waals surface area contributed by atoms with Crippen LogP contribution in [-0.4, -0.2) is 42.1 Å².